The van der Waals surface area contributed by atoms with Gasteiger partial charge in [-0.15, -0.1) is 5.10 Å². The number of halogens is 2. The minimum Gasteiger partial charge on any atom is -0.444 e. The topological polar surface area (TPSA) is 130 Å². The molecule has 0 radical (unpaired) electrons. The highest BCUT2D eigenvalue weighted by atomic mass is 35.5. The van der Waals surface area contributed by atoms with Crippen LogP contribution in [0.25, 0.3) is 10.9 Å². The van der Waals surface area contributed by atoms with E-state index < -0.39 is 23.5 Å². The molecule has 2 fully saturated rings. The van der Waals surface area contributed by atoms with Crippen molar-refractivity contribution in [3.8, 4) is 6.07 Å². The molecule has 3 N–H and O–H groups in total. The van der Waals surface area contributed by atoms with Crippen molar-refractivity contribution in [2.45, 2.75) is 89.0 Å². The van der Waals surface area contributed by atoms with Gasteiger partial charge in [-0.1, -0.05) is 41.8 Å². The van der Waals surface area contributed by atoms with E-state index in [1.807, 2.05) is 20.8 Å². The smallest absolute Gasteiger partial charge is 0.407 e. The maximum absolute atomic E-state index is 13.9. The Morgan fingerprint density at radius 2 is 1.91 bits per heavy atom. The van der Waals surface area contributed by atoms with E-state index in [4.69, 9.17) is 16.3 Å². The normalized spacial score (nSPS) is 20.0. The van der Waals surface area contributed by atoms with Crippen molar-refractivity contribution >= 4 is 40.0 Å². The molecule has 10 nitrogen and oxygen atoms in total. The third-order valence-corrected chi connectivity index (χ3v) is 8.22. The van der Waals surface area contributed by atoms with Crippen LogP contribution in [0.5, 0.6) is 0 Å². The number of ether oxygens (including phenoxy) is 1. The van der Waals surface area contributed by atoms with Gasteiger partial charge in [0.15, 0.2) is 0 Å². The van der Waals surface area contributed by atoms with E-state index in [1.165, 1.54) is 30.5 Å². The zero-order valence-corrected chi connectivity index (χ0v) is 26.2. The lowest BCUT2D eigenvalue weighted by molar-refractivity contribution is 0.0488. The Kier molecular flexibility index (Phi) is 8.15. The van der Waals surface area contributed by atoms with Crippen LogP contribution in [0, 0.1) is 17.1 Å². The Morgan fingerprint density at radius 1 is 1.18 bits per heavy atom. The minimum absolute atomic E-state index is 0.193. The number of hydrogen-bond donors (Lipinski definition) is 3. The molecule has 2 aliphatic carbocycles. The standard InChI is InChI=1S/C33H36ClFN8O2/c1-33(2,3)45-32(44)40-27-7-5-4-6-26(27)39-29-20(16-36)17-37-31-24(29)14-22(15-25(31)34)38-30(19-8-10-21(35)11-9-19)28-18-43(42-41-28)23-12-13-23/h8-11,14-15,17-18,23,26-27,30,38H,4-7,12-13H2,1-3H3,(H,37,39)(H,40,44)/t26-,27+,30?/m1/s1/i30D. The summed E-state index contributed by atoms with van der Waals surface area (Å²) in [6, 6.07) is 9.54. The van der Waals surface area contributed by atoms with Crippen molar-refractivity contribution in [3.05, 3.63) is 76.5 Å². The summed E-state index contributed by atoms with van der Waals surface area (Å²) in [5, 5.41) is 29.4. The quantitative estimate of drug-likeness (QED) is 0.185. The fourth-order valence-corrected chi connectivity index (χ4v) is 5.91. The molecule has 0 aliphatic heterocycles. The number of fused-ring (bicyclic) bond motifs is 1. The van der Waals surface area contributed by atoms with Crippen molar-refractivity contribution in [1.82, 2.24) is 25.3 Å². The molecule has 1 unspecified atom stereocenters. The molecule has 2 aliphatic rings. The number of rotatable bonds is 8. The third kappa shape index (κ3) is 7.12. The number of aromatic nitrogens is 4. The summed E-state index contributed by atoms with van der Waals surface area (Å²) in [5.41, 5.74) is 1.92. The van der Waals surface area contributed by atoms with Crippen LogP contribution in [0.3, 0.4) is 0 Å². The van der Waals surface area contributed by atoms with E-state index in [0.29, 0.717) is 44.1 Å². The number of pyridine rings is 1. The molecular weight excluding hydrogens is 595 g/mol. The van der Waals surface area contributed by atoms with Crippen molar-refractivity contribution in [2.75, 3.05) is 10.6 Å². The molecule has 4 aromatic rings. The van der Waals surface area contributed by atoms with Crippen LogP contribution in [0.2, 0.25) is 5.02 Å². The molecule has 0 bridgehead atoms. The summed E-state index contributed by atoms with van der Waals surface area (Å²) in [6.07, 6.45) is 8.12. The molecule has 12 heteroatoms. The van der Waals surface area contributed by atoms with Crippen LogP contribution in [0.1, 0.15) is 89.5 Å². The maximum Gasteiger partial charge on any atom is 0.407 e. The average Bonchev–Trinajstić information content (AvgIpc) is 3.73. The fourth-order valence-electron chi connectivity index (χ4n) is 5.65. The van der Waals surface area contributed by atoms with Crippen LogP contribution >= 0.6 is 11.6 Å². The van der Waals surface area contributed by atoms with Crippen LogP contribution < -0.4 is 16.0 Å². The number of anilines is 2. The summed E-state index contributed by atoms with van der Waals surface area (Å²) in [5.74, 6) is -0.422. The van der Waals surface area contributed by atoms with Crippen LogP contribution in [0.15, 0.2) is 48.8 Å². The van der Waals surface area contributed by atoms with Crippen LogP contribution in [0.4, 0.5) is 20.6 Å². The predicted molar refractivity (Wildman–Crippen MR) is 171 cm³/mol. The molecule has 1 amide bonds. The van der Waals surface area contributed by atoms with Gasteiger partial charge in [0.1, 0.15) is 23.2 Å². The lowest BCUT2D eigenvalue weighted by Gasteiger charge is -2.34. The molecular formula is C33H36ClFN8O2. The number of nitrogens with zero attached hydrogens (tertiary/aromatic N) is 5. The van der Waals surface area contributed by atoms with Gasteiger partial charge in [-0.05, 0) is 76.3 Å². The number of carbonyl (C=O) groups excluding carboxylic acids is 1. The monoisotopic (exact) mass is 631 g/mol. The van der Waals surface area contributed by atoms with E-state index in [-0.39, 0.29) is 18.1 Å². The van der Waals surface area contributed by atoms with Gasteiger partial charge in [-0.25, -0.2) is 13.9 Å². The summed E-state index contributed by atoms with van der Waals surface area (Å²) in [4.78, 5) is 17.2. The van der Waals surface area contributed by atoms with Crippen molar-refractivity contribution in [2.24, 2.45) is 0 Å². The summed E-state index contributed by atoms with van der Waals surface area (Å²) >= 11 is 6.80. The Labute approximate surface area is 267 Å². The molecule has 3 atom stereocenters. The number of nitriles is 1. The minimum atomic E-state index is -1.66. The predicted octanol–water partition coefficient (Wildman–Crippen LogP) is 7.27. The molecule has 2 heterocycles. The number of nitrogens with one attached hydrogen (secondary N) is 3. The molecule has 45 heavy (non-hydrogen) atoms. The second-order valence-corrected chi connectivity index (χ2v) is 13.0. The highest BCUT2D eigenvalue weighted by Crippen LogP contribution is 2.38. The van der Waals surface area contributed by atoms with E-state index >= 15 is 0 Å². The number of benzene rings is 2. The molecule has 2 aromatic heterocycles. The van der Waals surface area contributed by atoms with E-state index in [2.05, 4.69) is 37.3 Å². The Bertz CT molecular complexity index is 1800. The maximum atomic E-state index is 13.9. The zero-order valence-electron chi connectivity index (χ0n) is 26.4. The third-order valence-electron chi connectivity index (χ3n) is 7.93. The van der Waals surface area contributed by atoms with Gasteiger partial charge in [0.05, 0.1) is 47.5 Å². The second kappa shape index (κ2) is 12.5. The molecule has 0 spiro atoms. The molecule has 6 rings (SSSR count). The van der Waals surface area contributed by atoms with Gasteiger partial charge in [0.2, 0.25) is 0 Å². The van der Waals surface area contributed by atoms with Gasteiger partial charge in [-0.3, -0.25) is 4.98 Å². The summed E-state index contributed by atoms with van der Waals surface area (Å²) < 4.78 is 30.8. The number of carbonyl (C=O) groups is 1. The van der Waals surface area contributed by atoms with Gasteiger partial charge < -0.3 is 20.7 Å². The number of amides is 1. The second-order valence-electron chi connectivity index (χ2n) is 12.6. The van der Waals surface area contributed by atoms with Gasteiger partial charge in [0.25, 0.3) is 0 Å². The number of alkyl carbamates (subject to hydrolysis) is 1. The highest BCUT2D eigenvalue weighted by Gasteiger charge is 2.30. The lowest BCUT2D eigenvalue weighted by Crippen LogP contribution is -2.49. The van der Waals surface area contributed by atoms with Crippen molar-refractivity contribution in [3.63, 3.8) is 0 Å². The largest absolute Gasteiger partial charge is 0.444 e. The van der Waals surface area contributed by atoms with Gasteiger partial charge >= 0.3 is 6.09 Å². The van der Waals surface area contributed by atoms with Crippen molar-refractivity contribution in [1.29, 1.82) is 5.26 Å². The highest BCUT2D eigenvalue weighted by molar-refractivity contribution is 6.35. The van der Waals surface area contributed by atoms with E-state index in [0.717, 1.165) is 38.5 Å². The Balaban J connectivity index is 1.38. The average molecular weight is 632 g/mol. The first kappa shape index (κ1) is 29.3. The summed E-state index contributed by atoms with van der Waals surface area (Å²) in [7, 11) is 0. The first-order valence-corrected chi connectivity index (χ1v) is 15.6. The zero-order chi connectivity index (χ0) is 32.6. The fraction of sp³-hybridized carbons (Fsp3) is 0.424. The number of hydrogen-bond acceptors (Lipinski definition) is 8. The first-order chi connectivity index (χ1) is 21.9. The van der Waals surface area contributed by atoms with Gasteiger partial charge in [-0.2, -0.15) is 5.26 Å². The van der Waals surface area contributed by atoms with Crippen molar-refractivity contribution < 1.29 is 15.3 Å². The van der Waals surface area contributed by atoms with Gasteiger partial charge in [0, 0.05) is 23.3 Å². The first-order valence-electron chi connectivity index (χ1n) is 15.7. The Morgan fingerprint density at radius 3 is 2.60 bits per heavy atom. The van der Waals surface area contributed by atoms with Crippen LogP contribution in [-0.4, -0.2) is 43.8 Å². The SMILES string of the molecule is [2H]C(Nc1cc(Cl)c2ncc(C#N)c(N[C@@H]3CCCC[C@@H]3NC(=O)OC(C)(C)C)c2c1)(c1ccc(F)cc1)c1cn(C2CC2)nn1. The lowest BCUT2D eigenvalue weighted by atomic mass is 9.89. The van der Waals surface area contributed by atoms with Crippen LogP contribution in [-0.2, 0) is 4.74 Å². The van der Waals surface area contributed by atoms with E-state index in [1.54, 1.807) is 23.0 Å². The Hall–Kier alpha value is -4.43. The molecule has 0 saturated heterocycles. The molecule has 234 valence electrons. The molecule has 2 aromatic carbocycles. The summed E-state index contributed by atoms with van der Waals surface area (Å²) in [6.45, 7) is 5.45. The molecule has 2 saturated carbocycles. The van der Waals surface area contributed by atoms with E-state index in [9.17, 15) is 15.8 Å².